The lowest BCUT2D eigenvalue weighted by Crippen LogP contribution is -2.03. The van der Waals surface area contributed by atoms with Gasteiger partial charge in [-0.15, -0.1) is 0 Å². The summed E-state index contributed by atoms with van der Waals surface area (Å²) < 4.78 is 30.8. The number of hydrogen-bond donors (Lipinski definition) is 0. The van der Waals surface area contributed by atoms with Crippen LogP contribution < -0.4 is 4.74 Å². The maximum absolute atomic E-state index is 12.6. The number of unbranched alkanes of at least 4 members (excludes halogenated alkanes) is 1. The van der Waals surface area contributed by atoms with E-state index in [0.29, 0.717) is 12.2 Å². The summed E-state index contributed by atoms with van der Waals surface area (Å²) in [5.74, 6) is 0.727. The zero-order chi connectivity index (χ0) is 18.3. The van der Waals surface area contributed by atoms with Crippen LogP contribution in [0, 0.1) is 18.3 Å². The molecule has 2 aromatic rings. The van der Waals surface area contributed by atoms with Crippen LogP contribution in [0.5, 0.6) is 5.75 Å². The summed E-state index contributed by atoms with van der Waals surface area (Å²) in [6.45, 7) is 4.62. The summed E-state index contributed by atoms with van der Waals surface area (Å²) in [7, 11) is -3.83. The van der Waals surface area contributed by atoms with Crippen molar-refractivity contribution in [1.82, 2.24) is 0 Å². The number of allylic oxidation sites excluding steroid dienone is 1. The van der Waals surface area contributed by atoms with E-state index < -0.39 is 9.84 Å². The van der Waals surface area contributed by atoms with E-state index in [1.165, 1.54) is 18.2 Å². The summed E-state index contributed by atoms with van der Waals surface area (Å²) in [4.78, 5) is -0.165. The van der Waals surface area contributed by atoms with Gasteiger partial charge in [-0.3, -0.25) is 0 Å². The lowest BCUT2D eigenvalue weighted by molar-refractivity contribution is 0.309. The molecule has 25 heavy (non-hydrogen) atoms. The van der Waals surface area contributed by atoms with Crippen LogP contribution in [0.1, 0.15) is 30.9 Å². The smallest absolute Gasteiger partial charge is 0.216 e. The van der Waals surface area contributed by atoms with Crippen molar-refractivity contribution in [1.29, 1.82) is 5.26 Å². The number of benzene rings is 2. The lowest BCUT2D eigenvalue weighted by Gasteiger charge is -2.06. The maximum Gasteiger partial charge on any atom is 0.216 e. The van der Waals surface area contributed by atoms with Crippen molar-refractivity contribution < 1.29 is 13.2 Å². The third-order valence-corrected chi connectivity index (χ3v) is 5.36. The normalized spacial score (nSPS) is 11.8. The van der Waals surface area contributed by atoms with Gasteiger partial charge in [0.2, 0.25) is 9.84 Å². The molecule has 0 spiro atoms. The first-order chi connectivity index (χ1) is 12.0. The van der Waals surface area contributed by atoms with Gasteiger partial charge in [-0.25, -0.2) is 8.42 Å². The standard InChI is InChI=1S/C20H21NO3S/c1-3-4-13-24-18-9-7-17(8-10-18)14-20(15-21)25(22,23)19-11-5-16(2)6-12-19/h5-12,14H,3-4,13H2,1-2H3. The molecule has 0 saturated heterocycles. The van der Waals surface area contributed by atoms with E-state index in [4.69, 9.17) is 4.74 Å². The number of rotatable bonds is 7. The van der Waals surface area contributed by atoms with Gasteiger partial charge in [-0.2, -0.15) is 5.26 Å². The van der Waals surface area contributed by atoms with E-state index in [-0.39, 0.29) is 9.80 Å². The SMILES string of the molecule is CCCCOc1ccc(C=C(C#N)S(=O)(=O)c2ccc(C)cc2)cc1. The van der Waals surface area contributed by atoms with Crippen LogP contribution in [0.2, 0.25) is 0 Å². The fourth-order valence-corrected chi connectivity index (χ4v) is 3.32. The van der Waals surface area contributed by atoms with E-state index in [0.717, 1.165) is 24.2 Å². The Balaban J connectivity index is 2.25. The fourth-order valence-electron chi connectivity index (χ4n) is 2.16. The van der Waals surface area contributed by atoms with Crippen LogP contribution in [-0.4, -0.2) is 15.0 Å². The van der Waals surface area contributed by atoms with Gasteiger partial charge in [0.15, 0.2) is 0 Å². The highest BCUT2D eigenvalue weighted by atomic mass is 32.2. The van der Waals surface area contributed by atoms with Gasteiger partial charge in [0.05, 0.1) is 11.5 Å². The Bertz CT molecular complexity index is 874. The molecule has 0 heterocycles. The predicted molar refractivity (Wildman–Crippen MR) is 98.8 cm³/mol. The van der Waals surface area contributed by atoms with Crippen molar-refractivity contribution in [3.63, 3.8) is 0 Å². The average Bonchev–Trinajstić information content (AvgIpc) is 2.61. The topological polar surface area (TPSA) is 67.2 Å². The molecule has 0 bridgehead atoms. The molecule has 0 unspecified atom stereocenters. The zero-order valence-corrected chi connectivity index (χ0v) is 15.2. The molecule has 0 aliphatic carbocycles. The second-order valence-electron chi connectivity index (χ2n) is 5.71. The van der Waals surface area contributed by atoms with Crippen LogP contribution >= 0.6 is 0 Å². The van der Waals surface area contributed by atoms with Gasteiger partial charge in [-0.05, 0) is 49.2 Å². The van der Waals surface area contributed by atoms with Crippen LogP contribution in [0.15, 0.2) is 58.3 Å². The molecule has 0 aromatic heterocycles. The third kappa shape index (κ3) is 4.94. The van der Waals surface area contributed by atoms with Crippen LogP contribution in [0.25, 0.3) is 6.08 Å². The highest BCUT2D eigenvalue weighted by Crippen LogP contribution is 2.22. The predicted octanol–water partition coefficient (Wildman–Crippen LogP) is 4.51. The molecule has 0 aliphatic rings. The molecule has 0 N–H and O–H groups in total. The first-order valence-corrected chi connectivity index (χ1v) is 9.62. The summed E-state index contributed by atoms with van der Waals surface area (Å²) in [6, 6.07) is 15.3. The number of nitrogens with zero attached hydrogens (tertiary/aromatic N) is 1. The summed E-state index contributed by atoms with van der Waals surface area (Å²) in [5, 5.41) is 9.31. The zero-order valence-electron chi connectivity index (χ0n) is 14.4. The minimum atomic E-state index is -3.83. The van der Waals surface area contributed by atoms with Gasteiger partial charge >= 0.3 is 0 Å². The average molecular weight is 355 g/mol. The summed E-state index contributed by atoms with van der Waals surface area (Å²) in [6.07, 6.45) is 3.42. The lowest BCUT2D eigenvalue weighted by atomic mass is 10.2. The number of aryl methyl sites for hydroxylation is 1. The number of nitriles is 1. The molecule has 0 fully saturated rings. The van der Waals surface area contributed by atoms with E-state index >= 15 is 0 Å². The van der Waals surface area contributed by atoms with Gasteiger partial charge < -0.3 is 4.74 Å². The first kappa shape index (κ1) is 18.8. The molecule has 4 nitrogen and oxygen atoms in total. The molecule has 0 amide bonds. The quantitative estimate of drug-likeness (QED) is 0.541. The Labute approximate surface area is 149 Å². The Morgan fingerprint density at radius 3 is 2.32 bits per heavy atom. The Morgan fingerprint density at radius 1 is 1.12 bits per heavy atom. The molecular formula is C20H21NO3S. The van der Waals surface area contributed by atoms with E-state index in [1.807, 2.05) is 6.92 Å². The van der Waals surface area contributed by atoms with E-state index in [1.54, 1.807) is 42.5 Å². The molecule has 0 atom stereocenters. The van der Waals surface area contributed by atoms with Crippen molar-refractivity contribution in [2.45, 2.75) is 31.6 Å². The molecule has 130 valence electrons. The fraction of sp³-hybridized carbons (Fsp3) is 0.250. The van der Waals surface area contributed by atoms with Gasteiger partial charge in [0.1, 0.15) is 16.7 Å². The second-order valence-corrected chi connectivity index (χ2v) is 7.63. The van der Waals surface area contributed by atoms with Crippen molar-refractivity contribution in [2.75, 3.05) is 6.61 Å². The minimum absolute atomic E-state index is 0.116. The second kappa shape index (κ2) is 8.50. The number of hydrogen-bond acceptors (Lipinski definition) is 4. The molecule has 0 aliphatic heterocycles. The minimum Gasteiger partial charge on any atom is -0.494 e. The molecular weight excluding hydrogens is 334 g/mol. The third-order valence-electron chi connectivity index (χ3n) is 3.68. The molecule has 5 heteroatoms. The molecule has 2 aromatic carbocycles. The van der Waals surface area contributed by atoms with Gasteiger partial charge in [0.25, 0.3) is 0 Å². The molecule has 0 radical (unpaired) electrons. The highest BCUT2D eigenvalue weighted by molar-refractivity contribution is 7.95. The highest BCUT2D eigenvalue weighted by Gasteiger charge is 2.20. The van der Waals surface area contributed by atoms with Crippen molar-refractivity contribution in [3.05, 3.63) is 64.6 Å². The van der Waals surface area contributed by atoms with Crippen molar-refractivity contribution in [2.24, 2.45) is 0 Å². The van der Waals surface area contributed by atoms with Crippen LogP contribution in [-0.2, 0) is 9.84 Å². The molecule has 0 saturated carbocycles. The number of ether oxygens (including phenoxy) is 1. The Kier molecular flexibility index (Phi) is 6.37. The van der Waals surface area contributed by atoms with Crippen molar-refractivity contribution >= 4 is 15.9 Å². The van der Waals surface area contributed by atoms with Crippen molar-refractivity contribution in [3.8, 4) is 11.8 Å². The summed E-state index contributed by atoms with van der Waals surface area (Å²) >= 11 is 0. The monoisotopic (exact) mass is 355 g/mol. The summed E-state index contributed by atoms with van der Waals surface area (Å²) in [5.41, 5.74) is 1.59. The number of sulfone groups is 1. The van der Waals surface area contributed by atoms with Gasteiger partial charge in [0, 0.05) is 0 Å². The Morgan fingerprint density at radius 2 is 1.76 bits per heavy atom. The largest absolute Gasteiger partial charge is 0.494 e. The molecule has 2 rings (SSSR count). The first-order valence-electron chi connectivity index (χ1n) is 8.14. The van der Waals surface area contributed by atoms with Crippen LogP contribution in [0.4, 0.5) is 0 Å². The maximum atomic E-state index is 12.6. The van der Waals surface area contributed by atoms with E-state index in [9.17, 15) is 13.7 Å². The van der Waals surface area contributed by atoms with E-state index in [2.05, 4.69) is 6.92 Å². The van der Waals surface area contributed by atoms with Crippen LogP contribution in [0.3, 0.4) is 0 Å². The Hall–Kier alpha value is -2.58. The van der Waals surface area contributed by atoms with Gasteiger partial charge in [-0.1, -0.05) is 43.2 Å².